The van der Waals surface area contributed by atoms with E-state index in [1.54, 1.807) is 22.5 Å². The second-order valence-electron chi connectivity index (χ2n) is 7.28. The highest BCUT2D eigenvalue weighted by molar-refractivity contribution is 7.89. The number of carbonyl (C=O) groups excluding carboxylic acids is 1. The van der Waals surface area contributed by atoms with E-state index < -0.39 is 10.0 Å². The molecule has 158 valence electrons. The van der Waals surface area contributed by atoms with Gasteiger partial charge in [0.2, 0.25) is 10.0 Å². The Labute approximate surface area is 184 Å². The Morgan fingerprint density at radius 2 is 2.00 bits per heavy atom. The van der Waals surface area contributed by atoms with Crippen LogP contribution in [-0.2, 0) is 10.0 Å². The van der Waals surface area contributed by atoms with Crippen LogP contribution in [0.4, 0.5) is 5.13 Å². The van der Waals surface area contributed by atoms with Crippen LogP contribution in [0.25, 0.3) is 10.2 Å². The van der Waals surface area contributed by atoms with E-state index in [4.69, 9.17) is 11.6 Å². The molecule has 1 fully saturated rings. The average molecular weight is 464 g/mol. The molecule has 4 rings (SSSR count). The number of amides is 1. The summed E-state index contributed by atoms with van der Waals surface area (Å²) < 4.78 is 28.6. The number of aromatic nitrogens is 1. The minimum atomic E-state index is -3.57. The van der Waals surface area contributed by atoms with E-state index in [0.29, 0.717) is 22.3 Å². The number of sulfonamides is 1. The summed E-state index contributed by atoms with van der Waals surface area (Å²) in [6, 6.07) is 11.5. The van der Waals surface area contributed by atoms with Crippen molar-refractivity contribution in [2.45, 2.75) is 43.5 Å². The quantitative estimate of drug-likeness (QED) is 0.567. The first-order valence-corrected chi connectivity index (χ1v) is 12.5. The van der Waals surface area contributed by atoms with Gasteiger partial charge in [-0.05, 0) is 61.7 Å². The van der Waals surface area contributed by atoms with Gasteiger partial charge in [0.1, 0.15) is 0 Å². The molecule has 0 radical (unpaired) electrons. The number of benzene rings is 2. The first-order valence-electron chi connectivity index (χ1n) is 9.88. The molecule has 0 spiro atoms. The number of fused-ring (bicyclic) bond motifs is 1. The maximum Gasteiger partial charge on any atom is 0.257 e. The zero-order valence-corrected chi connectivity index (χ0v) is 18.9. The zero-order valence-electron chi connectivity index (χ0n) is 16.5. The van der Waals surface area contributed by atoms with Gasteiger partial charge in [-0.2, -0.15) is 4.31 Å². The molecule has 1 aliphatic rings. The van der Waals surface area contributed by atoms with Gasteiger partial charge in [-0.1, -0.05) is 36.3 Å². The van der Waals surface area contributed by atoms with Crippen LogP contribution in [0.2, 0.25) is 5.02 Å². The molecule has 30 heavy (non-hydrogen) atoms. The second-order valence-corrected chi connectivity index (χ2v) is 10.6. The van der Waals surface area contributed by atoms with Crippen LogP contribution >= 0.6 is 22.9 Å². The number of carbonyl (C=O) groups is 1. The number of hydrogen-bond donors (Lipinski definition) is 1. The molecule has 1 amide bonds. The summed E-state index contributed by atoms with van der Waals surface area (Å²) in [6.07, 6.45) is 3.63. The fourth-order valence-electron chi connectivity index (χ4n) is 3.73. The lowest BCUT2D eigenvalue weighted by atomic mass is 10.0. The van der Waals surface area contributed by atoms with Crippen LogP contribution in [0.15, 0.2) is 47.4 Å². The number of halogens is 1. The van der Waals surface area contributed by atoms with E-state index in [2.05, 4.69) is 10.3 Å². The predicted octanol–water partition coefficient (Wildman–Crippen LogP) is 5.16. The van der Waals surface area contributed by atoms with Crippen molar-refractivity contribution in [2.75, 3.05) is 11.9 Å². The van der Waals surface area contributed by atoms with Gasteiger partial charge in [0, 0.05) is 23.2 Å². The number of anilines is 1. The Hall–Kier alpha value is -2.00. The van der Waals surface area contributed by atoms with Crippen LogP contribution in [0.1, 0.15) is 43.0 Å². The normalized spacial score (nSPS) is 17.9. The van der Waals surface area contributed by atoms with Gasteiger partial charge in [0.05, 0.1) is 15.1 Å². The molecule has 1 atom stereocenters. The van der Waals surface area contributed by atoms with E-state index in [9.17, 15) is 13.2 Å². The van der Waals surface area contributed by atoms with Crippen molar-refractivity contribution < 1.29 is 13.2 Å². The van der Waals surface area contributed by atoms with Crippen LogP contribution < -0.4 is 5.32 Å². The highest BCUT2D eigenvalue weighted by atomic mass is 35.5. The first-order chi connectivity index (χ1) is 14.4. The topological polar surface area (TPSA) is 79.4 Å². The summed E-state index contributed by atoms with van der Waals surface area (Å²) in [7, 11) is -3.57. The van der Waals surface area contributed by atoms with Crippen molar-refractivity contribution in [3.63, 3.8) is 0 Å². The molecule has 3 aromatic rings. The molecule has 2 aromatic carbocycles. The summed E-state index contributed by atoms with van der Waals surface area (Å²) in [5.74, 6) is -0.339. The molecular weight excluding hydrogens is 442 g/mol. The van der Waals surface area contributed by atoms with E-state index in [-0.39, 0.29) is 16.8 Å². The number of hydrogen-bond acceptors (Lipinski definition) is 5. The van der Waals surface area contributed by atoms with E-state index in [0.717, 1.165) is 35.9 Å². The number of rotatable bonds is 5. The number of thiazole rings is 1. The molecule has 9 heteroatoms. The van der Waals surface area contributed by atoms with Gasteiger partial charge in [0.25, 0.3) is 5.91 Å². The number of piperidine rings is 1. The van der Waals surface area contributed by atoms with Crippen LogP contribution in [0.3, 0.4) is 0 Å². The van der Waals surface area contributed by atoms with Crippen molar-refractivity contribution in [1.29, 1.82) is 0 Å². The third-order valence-electron chi connectivity index (χ3n) is 5.34. The zero-order chi connectivity index (χ0) is 21.3. The molecule has 1 unspecified atom stereocenters. The van der Waals surface area contributed by atoms with Gasteiger partial charge in [-0.3, -0.25) is 10.1 Å². The van der Waals surface area contributed by atoms with Gasteiger partial charge < -0.3 is 0 Å². The molecule has 0 bridgehead atoms. The predicted molar refractivity (Wildman–Crippen MR) is 121 cm³/mol. The lowest BCUT2D eigenvalue weighted by Crippen LogP contribution is -2.43. The third kappa shape index (κ3) is 4.23. The fraction of sp³-hybridized carbons (Fsp3) is 0.333. The summed E-state index contributed by atoms with van der Waals surface area (Å²) in [6.45, 7) is 2.56. The molecule has 1 N–H and O–H groups in total. The van der Waals surface area contributed by atoms with Crippen molar-refractivity contribution in [2.24, 2.45) is 0 Å². The first kappa shape index (κ1) is 21.2. The Morgan fingerprint density at radius 3 is 2.73 bits per heavy atom. The number of nitrogens with one attached hydrogen (secondary N) is 1. The highest BCUT2D eigenvalue weighted by Gasteiger charge is 2.32. The van der Waals surface area contributed by atoms with Gasteiger partial charge in [-0.25, -0.2) is 13.4 Å². The Bertz CT molecular complexity index is 1180. The van der Waals surface area contributed by atoms with Gasteiger partial charge in [-0.15, -0.1) is 0 Å². The van der Waals surface area contributed by atoms with E-state index >= 15 is 0 Å². The average Bonchev–Trinajstić information content (AvgIpc) is 3.15. The van der Waals surface area contributed by atoms with E-state index in [1.807, 2.05) is 6.92 Å². The minimum absolute atomic E-state index is 0.0410. The smallest absolute Gasteiger partial charge is 0.257 e. The standard InChI is InChI=1S/C21H22ClN3O3S2/c1-2-16-5-3-4-12-25(16)30(27,28)17-9-6-14(7-10-17)20(26)24-21-23-18-11-8-15(22)13-19(18)29-21/h6-11,13,16H,2-5,12H2,1H3,(H,23,24,26). The van der Waals surface area contributed by atoms with Crippen LogP contribution in [0.5, 0.6) is 0 Å². The second kappa shape index (κ2) is 8.63. The highest BCUT2D eigenvalue weighted by Crippen LogP contribution is 2.29. The molecule has 0 aliphatic carbocycles. The largest absolute Gasteiger partial charge is 0.298 e. The molecule has 1 aromatic heterocycles. The molecule has 1 saturated heterocycles. The summed E-state index contributed by atoms with van der Waals surface area (Å²) >= 11 is 7.33. The molecule has 0 saturated carbocycles. The molecular formula is C21H22ClN3O3S2. The maximum atomic E-state index is 13.1. The third-order valence-corrected chi connectivity index (χ3v) is 8.47. The van der Waals surface area contributed by atoms with Gasteiger partial charge >= 0.3 is 0 Å². The monoisotopic (exact) mass is 463 g/mol. The SMILES string of the molecule is CCC1CCCCN1S(=O)(=O)c1ccc(C(=O)Nc2nc3ccc(Cl)cc3s2)cc1. The summed E-state index contributed by atoms with van der Waals surface area (Å²) in [4.78, 5) is 17.2. The molecule has 6 nitrogen and oxygen atoms in total. The van der Waals surface area contributed by atoms with E-state index in [1.165, 1.54) is 35.6 Å². The lowest BCUT2D eigenvalue weighted by Gasteiger charge is -2.34. The number of nitrogens with zero attached hydrogens (tertiary/aromatic N) is 2. The summed E-state index contributed by atoms with van der Waals surface area (Å²) in [5.41, 5.74) is 1.13. The van der Waals surface area contributed by atoms with Crippen molar-refractivity contribution >= 4 is 54.2 Å². The Balaban J connectivity index is 1.51. The van der Waals surface area contributed by atoms with Crippen LogP contribution in [-0.4, -0.2) is 36.2 Å². The van der Waals surface area contributed by atoms with Crippen molar-refractivity contribution in [3.8, 4) is 0 Å². The maximum absolute atomic E-state index is 13.1. The lowest BCUT2D eigenvalue weighted by molar-refractivity contribution is 0.102. The van der Waals surface area contributed by atoms with Crippen LogP contribution in [0, 0.1) is 0 Å². The molecule has 2 heterocycles. The Morgan fingerprint density at radius 1 is 1.23 bits per heavy atom. The van der Waals surface area contributed by atoms with Gasteiger partial charge in [0.15, 0.2) is 5.13 Å². The minimum Gasteiger partial charge on any atom is -0.298 e. The molecule has 1 aliphatic heterocycles. The summed E-state index contributed by atoms with van der Waals surface area (Å²) in [5, 5.41) is 3.85. The Kier molecular flexibility index (Phi) is 6.11. The van der Waals surface area contributed by atoms with Crippen molar-refractivity contribution in [3.05, 3.63) is 53.1 Å². The van der Waals surface area contributed by atoms with Crippen molar-refractivity contribution in [1.82, 2.24) is 9.29 Å². The fourth-order valence-corrected chi connectivity index (χ4v) is 6.64.